The zero-order chi connectivity index (χ0) is 14.9. The lowest BCUT2D eigenvalue weighted by molar-refractivity contribution is 0.124. The number of rotatable bonds is 8. The summed E-state index contributed by atoms with van der Waals surface area (Å²) in [6.45, 7) is 3.86. The molecule has 112 valence electrons. The molecule has 0 aliphatic carbocycles. The molecular formula is C18H23NO2. The van der Waals surface area contributed by atoms with Crippen molar-refractivity contribution in [1.82, 2.24) is 0 Å². The van der Waals surface area contributed by atoms with Gasteiger partial charge in [-0.05, 0) is 36.6 Å². The van der Waals surface area contributed by atoms with Gasteiger partial charge in [-0.25, -0.2) is 0 Å². The van der Waals surface area contributed by atoms with Crippen LogP contribution in [0.1, 0.15) is 24.1 Å². The zero-order valence-electron chi connectivity index (χ0n) is 12.5. The molecule has 0 aromatic heterocycles. The Hall–Kier alpha value is -1.84. The van der Waals surface area contributed by atoms with Crippen molar-refractivity contribution < 1.29 is 9.47 Å². The Balaban J connectivity index is 1.72. The summed E-state index contributed by atoms with van der Waals surface area (Å²) in [6, 6.07) is 18.1. The Bertz CT molecular complexity index is 511. The minimum atomic E-state index is -0.101. The molecule has 2 N–H and O–H groups in total. The first kappa shape index (κ1) is 15.5. The Morgan fingerprint density at radius 1 is 1.00 bits per heavy atom. The summed E-state index contributed by atoms with van der Waals surface area (Å²) in [5.41, 5.74) is 8.48. The van der Waals surface area contributed by atoms with E-state index < -0.39 is 0 Å². The number of benzene rings is 2. The molecule has 0 bridgehead atoms. The summed E-state index contributed by atoms with van der Waals surface area (Å²) in [5, 5.41) is 0. The quantitative estimate of drug-likeness (QED) is 0.757. The molecule has 2 aromatic rings. The highest BCUT2D eigenvalue weighted by atomic mass is 16.5. The van der Waals surface area contributed by atoms with Crippen molar-refractivity contribution in [3.63, 3.8) is 0 Å². The molecule has 21 heavy (non-hydrogen) atoms. The van der Waals surface area contributed by atoms with Gasteiger partial charge in [-0.15, -0.1) is 0 Å². The van der Waals surface area contributed by atoms with Gasteiger partial charge >= 0.3 is 0 Å². The third-order valence-electron chi connectivity index (χ3n) is 3.29. The Kier molecular flexibility index (Phi) is 6.25. The third kappa shape index (κ3) is 5.21. The van der Waals surface area contributed by atoms with Crippen molar-refractivity contribution in [1.29, 1.82) is 0 Å². The monoisotopic (exact) mass is 285 g/mol. The number of hydrogen-bond acceptors (Lipinski definition) is 3. The maximum Gasteiger partial charge on any atom is 0.119 e. The molecule has 3 heteroatoms. The Morgan fingerprint density at radius 3 is 2.38 bits per heavy atom. The Morgan fingerprint density at radius 2 is 1.71 bits per heavy atom. The van der Waals surface area contributed by atoms with Crippen molar-refractivity contribution in [2.45, 2.75) is 19.4 Å². The molecule has 1 atom stereocenters. The smallest absolute Gasteiger partial charge is 0.119 e. The van der Waals surface area contributed by atoms with Gasteiger partial charge in [0.15, 0.2) is 0 Å². The molecule has 0 heterocycles. The largest absolute Gasteiger partial charge is 0.494 e. The lowest BCUT2D eigenvalue weighted by atomic mass is 10.1. The van der Waals surface area contributed by atoms with Gasteiger partial charge in [0.05, 0.1) is 25.9 Å². The first-order valence-corrected chi connectivity index (χ1v) is 7.39. The molecule has 2 aromatic carbocycles. The van der Waals surface area contributed by atoms with Crippen LogP contribution in [-0.4, -0.2) is 19.8 Å². The fraction of sp³-hybridized carbons (Fsp3) is 0.333. The summed E-state index contributed by atoms with van der Waals surface area (Å²) in [7, 11) is 0. The normalized spacial score (nSPS) is 12.1. The van der Waals surface area contributed by atoms with Crippen LogP contribution in [0.15, 0.2) is 54.6 Å². The van der Waals surface area contributed by atoms with E-state index in [4.69, 9.17) is 15.2 Å². The lowest BCUT2D eigenvalue weighted by Crippen LogP contribution is -2.18. The minimum Gasteiger partial charge on any atom is -0.494 e. The molecule has 0 saturated carbocycles. The van der Waals surface area contributed by atoms with E-state index >= 15 is 0 Å². The van der Waals surface area contributed by atoms with Gasteiger partial charge in [-0.2, -0.15) is 0 Å². The predicted molar refractivity (Wildman–Crippen MR) is 85.5 cm³/mol. The topological polar surface area (TPSA) is 44.5 Å². The van der Waals surface area contributed by atoms with E-state index in [0.29, 0.717) is 19.8 Å². The van der Waals surface area contributed by atoms with E-state index in [1.165, 1.54) is 5.56 Å². The second-order valence-electron chi connectivity index (χ2n) is 4.92. The average Bonchev–Trinajstić information content (AvgIpc) is 2.53. The second kappa shape index (κ2) is 8.45. The first-order chi connectivity index (χ1) is 10.3. The molecule has 1 unspecified atom stereocenters. The van der Waals surface area contributed by atoms with E-state index in [0.717, 1.165) is 17.7 Å². The van der Waals surface area contributed by atoms with Crippen LogP contribution in [0.3, 0.4) is 0 Å². The van der Waals surface area contributed by atoms with Crippen LogP contribution in [0, 0.1) is 0 Å². The van der Waals surface area contributed by atoms with Gasteiger partial charge in [0.1, 0.15) is 5.75 Å². The van der Waals surface area contributed by atoms with Crippen LogP contribution in [0.5, 0.6) is 5.75 Å². The first-order valence-electron chi connectivity index (χ1n) is 7.39. The van der Waals surface area contributed by atoms with Crippen molar-refractivity contribution in [3.8, 4) is 5.75 Å². The number of ether oxygens (including phenoxy) is 2. The highest BCUT2D eigenvalue weighted by Gasteiger charge is 2.06. The van der Waals surface area contributed by atoms with Gasteiger partial charge in [-0.3, -0.25) is 0 Å². The standard InChI is InChI=1S/C18H23NO2/c1-2-21-17-10-8-16(9-11-17)18(19)14-20-13-12-15-6-4-3-5-7-15/h3-11,18H,2,12-14,19H2,1H3. The number of hydrogen-bond donors (Lipinski definition) is 1. The van der Waals surface area contributed by atoms with Crippen LogP contribution in [0.25, 0.3) is 0 Å². The van der Waals surface area contributed by atoms with E-state index in [2.05, 4.69) is 12.1 Å². The molecule has 0 fully saturated rings. The van der Waals surface area contributed by atoms with Gasteiger partial charge < -0.3 is 15.2 Å². The summed E-state index contributed by atoms with van der Waals surface area (Å²) < 4.78 is 11.1. The highest BCUT2D eigenvalue weighted by molar-refractivity contribution is 5.29. The van der Waals surface area contributed by atoms with E-state index in [1.807, 2.05) is 49.4 Å². The van der Waals surface area contributed by atoms with Gasteiger partial charge in [0.2, 0.25) is 0 Å². The van der Waals surface area contributed by atoms with E-state index in [-0.39, 0.29) is 6.04 Å². The summed E-state index contributed by atoms with van der Waals surface area (Å²) in [6.07, 6.45) is 0.914. The molecular weight excluding hydrogens is 262 g/mol. The van der Waals surface area contributed by atoms with Crippen LogP contribution in [-0.2, 0) is 11.2 Å². The van der Waals surface area contributed by atoms with E-state index in [1.54, 1.807) is 0 Å². The minimum absolute atomic E-state index is 0.101. The van der Waals surface area contributed by atoms with Gasteiger partial charge in [0.25, 0.3) is 0 Å². The van der Waals surface area contributed by atoms with Crippen molar-refractivity contribution in [2.75, 3.05) is 19.8 Å². The molecule has 3 nitrogen and oxygen atoms in total. The zero-order valence-corrected chi connectivity index (χ0v) is 12.5. The Labute approximate surface area is 126 Å². The summed E-state index contributed by atoms with van der Waals surface area (Å²) in [4.78, 5) is 0. The van der Waals surface area contributed by atoms with Gasteiger partial charge in [-0.1, -0.05) is 42.5 Å². The molecule has 0 spiro atoms. The van der Waals surface area contributed by atoms with Crippen molar-refractivity contribution in [3.05, 3.63) is 65.7 Å². The maximum absolute atomic E-state index is 6.13. The molecule has 0 aliphatic heterocycles. The summed E-state index contributed by atoms with van der Waals surface area (Å²) >= 11 is 0. The SMILES string of the molecule is CCOc1ccc(C(N)COCCc2ccccc2)cc1. The van der Waals surface area contributed by atoms with Crippen molar-refractivity contribution in [2.24, 2.45) is 5.73 Å². The van der Waals surface area contributed by atoms with Crippen LogP contribution in [0.4, 0.5) is 0 Å². The summed E-state index contributed by atoms with van der Waals surface area (Å²) in [5.74, 6) is 0.874. The van der Waals surface area contributed by atoms with Crippen LogP contribution < -0.4 is 10.5 Å². The van der Waals surface area contributed by atoms with Gasteiger partial charge in [0, 0.05) is 0 Å². The average molecular weight is 285 g/mol. The number of nitrogens with two attached hydrogens (primary N) is 1. The van der Waals surface area contributed by atoms with E-state index in [9.17, 15) is 0 Å². The molecule has 2 rings (SSSR count). The second-order valence-corrected chi connectivity index (χ2v) is 4.92. The third-order valence-corrected chi connectivity index (χ3v) is 3.29. The fourth-order valence-corrected chi connectivity index (χ4v) is 2.12. The molecule has 0 aliphatic rings. The van der Waals surface area contributed by atoms with Crippen molar-refractivity contribution >= 4 is 0 Å². The maximum atomic E-state index is 6.13. The van der Waals surface area contributed by atoms with Crippen LogP contribution >= 0.6 is 0 Å². The predicted octanol–water partition coefficient (Wildman–Crippen LogP) is 3.34. The molecule has 0 amide bonds. The highest BCUT2D eigenvalue weighted by Crippen LogP contribution is 2.16. The molecule has 0 saturated heterocycles. The van der Waals surface area contributed by atoms with Crippen LogP contribution in [0.2, 0.25) is 0 Å². The fourth-order valence-electron chi connectivity index (χ4n) is 2.12. The molecule has 0 radical (unpaired) electrons. The lowest BCUT2D eigenvalue weighted by Gasteiger charge is -2.13.